The van der Waals surface area contributed by atoms with E-state index in [1.54, 1.807) is 44.1 Å². The molecule has 1 aromatic rings. The zero-order chi connectivity index (χ0) is 20.8. The molecule has 3 fully saturated rings. The lowest BCUT2D eigenvalue weighted by Crippen LogP contribution is -2.34. The molecule has 0 saturated heterocycles. The average Bonchev–Trinajstić information content (AvgIpc) is 2.81. The Hall–Kier alpha value is -1.04. The van der Waals surface area contributed by atoms with Crippen LogP contribution in [0.2, 0.25) is 0 Å². The smallest absolute Gasteiger partial charge is 0.0162 e. The number of hydrogen-bond acceptors (Lipinski definition) is 0. The quantitative estimate of drug-likeness (QED) is 0.377. The molecular weight excluding hydrogens is 360 g/mol. The van der Waals surface area contributed by atoms with Crippen molar-refractivity contribution in [2.24, 2.45) is 29.6 Å². The van der Waals surface area contributed by atoms with Crippen LogP contribution in [0.1, 0.15) is 114 Å². The van der Waals surface area contributed by atoms with Gasteiger partial charge in [0.1, 0.15) is 0 Å². The minimum atomic E-state index is 0.819. The fourth-order valence-corrected chi connectivity index (χ4v) is 7.35. The van der Waals surface area contributed by atoms with E-state index in [1.807, 2.05) is 6.08 Å². The lowest BCUT2D eigenvalue weighted by atomic mass is 9.60. The Morgan fingerprint density at radius 1 is 0.800 bits per heavy atom. The van der Waals surface area contributed by atoms with Gasteiger partial charge in [-0.15, -0.1) is 6.58 Å². The highest BCUT2D eigenvalue weighted by Gasteiger charge is 2.38. The van der Waals surface area contributed by atoms with Crippen molar-refractivity contribution < 1.29 is 0 Å². The van der Waals surface area contributed by atoms with Gasteiger partial charge in [0.15, 0.2) is 0 Å². The van der Waals surface area contributed by atoms with Crippen LogP contribution in [0.15, 0.2) is 36.9 Å². The molecule has 0 N–H and O–H groups in total. The number of fused-ring (bicyclic) bond motifs is 1. The Labute approximate surface area is 186 Å². The number of aryl methyl sites for hydroxylation is 1. The first-order valence-electron chi connectivity index (χ1n) is 13.5. The van der Waals surface area contributed by atoms with Crippen molar-refractivity contribution in [1.82, 2.24) is 0 Å². The summed E-state index contributed by atoms with van der Waals surface area (Å²) in [4.78, 5) is 0. The second-order valence-corrected chi connectivity index (χ2v) is 11.1. The van der Waals surface area contributed by atoms with Gasteiger partial charge in [-0.1, -0.05) is 62.9 Å². The summed E-state index contributed by atoms with van der Waals surface area (Å²) in [6, 6.07) is 9.57. The highest BCUT2D eigenvalue weighted by atomic mass is 14.4. The van der Waals surface area contributed by atoms with E-state index in [4.69, 9.17) is 0 Å². The molecule has 0 heteroatoms. The van der Waals surface area contributed by atoms with Crippen molar-refractivity contribution in [1.29, 1.82) is 0 Å². The van der Waals surface area contributed by atoms with Crippen molar-refractivity contribution >= 4 is 0 Å². The predicted molar refractivity (Wildman–Crippen MR) is 131 cm³/mol. The summed E-state index contributed by atoms with van der Waals surface area (Å²) in [6.07, 6.45) is 23.8. The van der Waals surface area contributed by atoms with Gasteiger partial charge < -0.3 is 0 Å². The van der Waals surface area contributed by atoms with Crippen molar-refractivity contribution in [3.63, 3.8) is 0 Å². The fraction of sp³-hybridized carbons (Fsp3) is 0.733. The van der Waals surface area contributed by atoms with Gasteiger partial charge in [-0.25, -0.2) is 0 Å². The molecule has 30 heavy (non-hydrogen) atoms. The summed E-state index contributed by atoms with van der Waals surface area (Å²) in [5.41, 5.74) is 3.07. The molecule has 0 amide bonds. The van der Waals surface area contributed by atoms with Crippen LogP contribution < -0.4 is 0 Å². The summed E-state index contributed by atoms with van der Waals surface area (Å²) in [6.45, 7) is 6.20. The fourth-order valence-electron chi connectivity index (χ4n) is 7.35. The summed E-state index contributed by atoms with van der Waals surface area (Å²) in [5, 5.41) is 0. The Morgan fingerprint density at radius 2 is 1.43 bits per heavy atom. The molecule has 4 atom stereocenters. The van der Waals surface area contributed by atoms with E-state index in [0.717, 1.165) is 48.3 Å². The molecule has 1 aromatic carbocycles. The Kier molecular flexibility index (Phi) is 8.14. The molecule has 4 rings (SSSR count). The first kappa shape index (κ1) is 22.2. The van der Waals surface area contributed by atoms with Crippen LogP contribution in [-0.2, 0) is 6.42 Å². The molecule has 0 heterocycles. The third-order valence-electron chi connectivity index (χ3n) is 9.25. The Bertz CT molecular complexity index is 633. The number of rotatable bonds is 8. The van der Waals surface area contributed by atoms with E-state index in [2.05, 4.69) is 37.8 Å². The third kappa shape index (κ3) is 5.60. The maximum absolute atomic E-state index is 3.85. The normalized spacial score (nSPS) is 34.3. The zero-order valence-electron chi connectivity index (χ0n) is 19.7. The molecule has 0 radical (unpaired) electrons. The summed E-state index contributed by atoms with van der Waals surface area (Å²) < 4.78 is 0. The Morgan fingerprint density at radius 3 is 2.13 bits per heavy atom. The average molecular weight is 407 g/mol. The summed E-state index contributed by atoms with van der Waals surface area (Å²) >= 11 is 0. The SMILES string of the molecule is C=CCCc1ccc(C2CCC(C3CCC4CC(CCCC)CCC4C3)CC2)cc1. The summed E-state index contributed by atoms with van der Waals surface area (Å²) in [5.74, 6) is 6.16. The van der Waals surface area contributed by atoms with E-state index in [0.29, 0.717) is 0 Å². The maximum atomic E-state index is 3.85. The molecule has 4 unspecified atom stereocenters. The van der Waals surface area contributed by atoms with Crippen LogP contribution in [0.4, 0.5) is 0 Å². The lowest BCUT2D eigenvalue weighted by Gasteiger charge is -2.45. The second-order valence-electron chi connectivity index (χ2n) is 11.1. The minimum Gasteiger partial charge on any atom is -0.103 e. The van der Waals surface area contributed by atoms with Gasteiger partial charge in [-0.05, 0) is 117 Å². The van der Waals surface area contributed by atoms with Crippen LogP contribution in [0, 0.1) is 29.6 Å². The molecule has 0 bridgehead atoms. The van der Waals surface area contributed by atoms with E-state index in [1.165, 1.54) is 50.5 Å². The van der Waals surface area contributed by atoms with E-state index < -0.39 is 0 Å². The predicted octanol–water partition coefficient (Wildman–Crippen LogP) is 9.10. The van der Waals surface area contributed by atoms with E-state index in [-0.39, 0.29) is 0 Å². The van der Waals surface area contributed by atoms with Gasteiger partial charge in [-0.3, -0.25) is 0 Å². The molecular formula is C30H46. The third-order valence-corrected chi connectivity index (χ3v) is 9.25. The van der Waals surface area contributed by atoms with Crippen LogP contribution in [0.25, 0.3) is 0 Å². The largest absolute Gasteiger partial charge is 0.103 e. The maximum Gasteiger partial charge on any atom is -0.0162 e. The van der Waals surface area contributed by atoms with E-state index >= 15 is 0 Å². The first-order chi connectivity index (χ1) is 14.8. The highest BCUT2D eigenvalue weighted by Crippen LogP contribution is 2.50. The number of unbranched alkanes of at least 4 members (excludes halogenated alkanes) is 1. The molecule has 0 nitrogen and oxygen atoms in total. The molecule has 0 spiro atoms. The standard InChI is InChI=1S/C30H46/c1-3-5-7-23-9-12-25(13-10-23)26-15-17-27(18-16-26)29-20-19-28-21-24(8-6-4-2)11-14-30(28)22-29/h3,9-10,12-13,24,26-30H,1,4-8,11,14-22H2,2H3. The highest BCUT2D eigenvalue weighted by molar-refractivity contribution is 5.26. The summed E-state index contributed by atoms with van der Waals surface area (Å²) in [7, 11) is 0. The molecule has 3 saturated carbocycles. The van der Waals surface area contributed by atoms with Crippen LogP contribution in [-0.4, -0.2) is 0 Å². The molecule has 0 aromatic heterocycles. The van der Waals surface area contributed by atoms with Crippen LogP contribution in [0.5, 0.6) is 0 Å². The lowest BCUT2D eigenvalue weighted by molar-refractivity contribution is 0.0614. The van der Waals surface area contributed by atoms with Crippen LogP contribution >= 0.6 is 0 Å². The van der Waals surface area contributed by atoms with Gasteiger partial charge in [0.05, 0.1) is 0 Å². The van der Waals surface area contributed by atoms with E-state index in [9.17, 15) is 0 Å². The van der Waals surface area contributed by atoms with Crippen molar-refractivity contribution in [2.45, 2.75) is 109 Å². The van der Waals surface area contributed by atoms with Gasteiger partial charge in [0, 0.05) is 0 Å². The number of benzene rings is 1. The van der Waals surface area contributed by atoms with Gasteiger partial charge in [0.25, 0.3) is 0 Å². The minimum absolute atomic E-state index is 0.819. The Balaban J connectivity index is 1.23. The van der Waals surface area contributed by atoms with Crippen molar-refractivity contribution in [2.75, 3.05) is 0 Å². The van der Waals surface area contributed by atoms with Crippen LogP contribution in [0.3, 0.4) is 0 Å². The second kappa shape index (κ2) is 11.0. The molecule has 166 valence electrons. The molecule has 3 aliphatic rings. The number of allylic oxidation sites excluding steroid dienone is 1. The number of hydrogen-bond donors (Lipinski definition) is 0. The zero-order valence-corrected chi connectivity index (χ0v) is 19.7. The monoisotopic (exact) mass is 406 g/mol. The molecule has 0 aliphatic heterocycles. The first-order valence-corrected chi connectivity index (χ1v) is 13.5. The van der Waals surface area contributed by atoms with Gasteiger partial charge >= 0.3 is 0 Å². The molecule has 3 aliphatic carbocycles. The van der Waals surface area contributed by atoms with Gasteiger partial charge in [0.2, 0.25) is 0 Å². The van der Waals surface area contributed by atoms with Crippen molar-refractivity contribution in [3.8, 4) is 0 Å². The van der Waals surface area contributed by atoms with Crippen molar-refractivity contribution in [3.05, 3.63) is 48.0 Å². The topological polar surface area (TPSA) is 0 Å². The van der Waals surface area contributed by atoms with Gasteiger partial charge in [-0.2, -0.15) is 0 Å².